The summed E-state index contributed by atoms with van der Waals surface area (Å²) in [5.41, 5.74) is 4.68. The summed E-state index contributed by atoms with van der Waals surface area (Å²) in [6, 6.07) is 3.88. The molecule has 5 rings (SSSR count). The molecule has 1 unspecified atom stereocenters. The zero-order valence-electron chi connectivity index (χ0n) is 18.1. The molecule has 32 heavy (non-hydrogen) atoms. The van der Waals surface area contributed by atoms with Crippen molar-refractivity contribution in [3.63, 3.8) is 0 Å². The summed E-state index contributed by atoms with van der Waals surface area (Å²) in [5.74, 6) is 1.39. The van der Waals surface area contributed by atoms with Gasteiger partial charge in [0.15, 0.2) is 0 Å². The number of carbonyl (C=O) groups excluding carboxylic acids is 1. The van der Waals surface area contributed by atoms with Crippen LogP contribution in [0, 0.1) is 5.92 Å². The lowest BCUT2D eigenvalue weighted by Crippen LogP contribution is -2.37. The third-order valence-corrected chi connectivity index (χ3v) is 6.03. The van der Waals surface area contributed by atoms with Crippen molar-refractivity contribution < 1.29 is 9.53 Å². The highest BCUT2D eigenvalue weighted by molar-refractivity contribution is 5.96. The van der Waals surface area contributed by atoms with Crippen LogP contribution in [0.3, 0.4) is 0 Å². The maximum atomic E-state index is 12.7. The number of likely N-dealkylation sites (N-methyl/N-ethyl adjacent to an activating group) is 1. The number of fused-ring (bicyclic) bond motifs is 4. The molecule has 0 aliphatic heterocycles. The number of anilines is 2. The Labute approximate surface area is 184 Å². The maximum absolute atomic E-state index is 12.7. The van der Waals surface area contributed by atoms with Crippen LogP contribution >= 0.6 is 0 Å². The van der Waals surface area contributed by atoms with Crippen LogP contribution < -0.4 is 20.7 Å². The van der Waals surface area contributed by atoms with Gasteiger partial charge in [0.05, 0.1) is 29.9 Å². The number of ether oxygens (including phenoxy) is 1. The fourth-order valence-electron chi connectivity index (χ4n) is 4.38. The van der Waals surface area contributed by atoms with E-state index in [2.05, 4.69) is 41.1 Å². The number of nitrogens with one attached hydrogen (secondary N) is 5. The number of methoxy groups -OCH3 is 1. The predicted octanol–water partition coefficient (Wildman–Crippen LogP) is 2.03. The van der Waals surface area contributed by atoms with Gasteiger partial charge in [-0.1, -0.05) is 0 Å². The van der Waals surface area contributed by atoms with Crippen molar-refractivity contribution in [2.45, 2.75) is 19.3 Å². The van der Waals surface area contributed by atoms with E-state index in [9.17, 15) is 4.79 Å². The van der Waals surface area contributed by atoms with E-state index in [1.165, 1.54) is 6.33 Å². The molecule has 10 heteroatoms. The van der Waals surface area contributed by atoms with E-state index >= 15 is 0 Å². The second-order valence-electron chi connectivity index (χ2n) is 8.00. The van der Waals surface area contributed by atoms with E-state index in [-0.39, 0.29) is 11.8 Å². The number of aromatic nitrogens is 5. The van der Waals surface area contributed by atoms with E-state index in [4.69, 9.17) is 4.74 Å². The monoisotopic (exact) mass is 434 g/mol. The van der Waals surface area contributed by atoms with Crippen molar-refractivity contribution in [3.8, 4) is 5.75 Å². The van der Waals surface area contributed by atoms with Gasteiger partial charge in [0.2, 0.25) is 5.91 Å². The second-order valence-corrected chi connectivity index (χ2v) is 8.00. The molecule has 166 valence electrons. The number of amides is 1. The van der Waals surface area contributed by atoms with Gasteiger partial charge in [0.1, 0.15) is 23.5 Å². The van der Waals surface area contributed by atoms with Crippen molar-refractivity contribution >= 4 is 39.3 Å². The molecule has 0 spiro atoms. The normalized spacial score (nSPS) is 15.6. The molecule has 0 radical (unpaired) electrons. The summed E-state index contributed by atoms with van der Waals surface area (Å²) in [6.45, 7) is 1.38. The van der Waals surface area contributed by atoms with E-state index in [0.29, 0.717) is 24.5 Å². The first-order chi connectivity index (χ1) is 15.7. The molecule has 5 N–H and O–H groups in total. The zero-order chi connectivity index (χ0) is 22.1. The average molecular weight is 435 g/mol. The summed E-state index contributed by atoms with van der Waals surface area (Å²) in [6.07, 6.45) is 5.58. The van der Waals surface area contributed by atoms with Crippen LogP contribution in [0.25, 0.3) is 21.9 Å². The quantitative estimate of drug-likeness (QED) is 0.281. The Balaban J connectivity index is 1.48. The van der Waals surface area contributed by atoms with Gasteiger partial charge >= 0.3 is 0 Å². The smallest absolute Gasteiger partial charge is 0.223 e. The summed E-state index contributed by atoms with van der Waals surface area (Å²) >= 11 is 0. The molecule has 3 heterocycles. The number of hydrogen-bond donors (Lipinski definition) is 5. The highest BCUT2D eigenvalue weighted by Gasteiger charge is 2.29. The van der Waals surface area contributed by atoms with Crippen LogP contribution in [0.4, 0.5) is 11.5 Å². The van der Waals surface area contributed by atoms with E-state index in [0.717, 1.165) is 58.3 Å². The molecule has 1 atom stereocenters. The molecule has 4 aromatic rings. The summed E-state index contributed by atoms with van der Waals surface area (Å²) in [5, 5.41) is 18.4. The van der Waals surface area contributed by atoms with Gasteiger partial charge in [-0.25, -0.2) is 9.97 Å². The molecule has 0 saturated heterocycles. The highest BCUT2D eigenvalue weighted by atomic mass is 16.5. The molecule has 0 bridgehead atoms. The Hall–Kier alpha value is -3.66. The lowest BCUT2D eigenvalue weighted by atomic mass is 9.86. The Bertz CT molecular complexity index is 1280. The van der Waals surface area contributed by atoms with Gasteiger partial charge in [-0.3, -0.25) is 9.89 Å². The van der Waals surface area contributed by atoms with Gasteiger partial charge in [0.25, 0.3) is 0 Å². The lowest BCUT2D eigenvalue weighted by Gasteiger charge is -2.22. The number of rotatable bonds is 7. The standard InChI is InChI=1S/C22H26N8O2/c1-23-5-6-24-22(31)12-3-4-15-14(7-12)19-20(28-15)25-11-26-21(19)29-17-8-13-10-27-30-16(13)9-18(17)32-2/h8-12,23H,3-7H2,1-2H3,(H,24,31)(H,27,30)(H2,25,26,28,29). The Morgan fingerprint density at radius 1 is 1.28 bits per heavy atom. The largest absolute Gasteiger partial charge is 0.494 e. The van der Waals surface area contributed by atoms with Crippen molar-refractivity contribution in [1.82, 2.24) is 35.8 Å². The number of H-pyrrole nitrogens is 2. The van der Waals surface area contributed by atoms with Crippen LogP contribution in [0.2, 0.25) is 0 Å². The van der Waals surface area contributed by atoms with Gasteiger partial charge < -0.3 is 25.7 Å². The van der Waals surface area contributed by atoms with Crippen LogP contribution in [0.15, 0.2) is 24.7 Å². The number of aryl methyl sites for hydroxylation is 1. The Kier molecular flexibility index (Phi) is 5.36. The van der Waals surface area contributed by atoms with Crippen LogP contribution in [-0.4, -0.2) is 58.3 Å². The third kappa shape index (κ3) is 3.62. The minimum Gasteiger partial charge on any atom is -0.494 e. The topological polar surface area (TPSA) is 133 Å². The summed E-state index contributed by atoms with van der Waals surface area (Å²) in [7, 11) is 3.51. The SMILES string of the molecule is CNCCNC(=O)C1CCc2[nH]c3ncnc(Nc4cc5cn[nH]c5cc4OC)c3c2C1. The number of nitrogens with zero attached hydrogens (tertiary/aromatic N) is 3. The number of hydrogen-bond acceptors (Lipinski definition) is 7. The molecular weight excluding hydrogens is 408 g/mol. The van der Waals surface area contributed by atoms with E-state index < -0.39 is 0 Å². The van der Waals surface area contributed by atoms with Gasteiger partial charge in [-0.15, -0.1) is 0 Å². The molecule has 10 nitrogen and oxygen atoms in total. The van der Waals surface area contributed by atoms with Crippen LogP contribution in [0.5, 0.6) is 5.75 Å². The minimum absolute atomic E-state index is 0.0665. The fraction of sp³-hybridized carbons (Fsp3) is 0.364. The summed E-state index contributed by atoms with van der Waals surface area (Å²) in [4.78, 5) is 25.1. The predicted molar refractivity (Wildman–Crippen MR) is 122 cm³/mol. The molecular formula is C22H26N8O2. The van der Waals surface area contributed by atoms with Crippen molar-refractivity contribution in [2.75, 3.05) is 32.6 Å². The van der Waals surface area contributed by atoms with E-state index in [1.807, 2.05) is 19.2 Å². The van der Waals surface area contributed by atoms with Crippen LogP contribution in [0.1, 0.15) is 17.7 Å². The number of carbonyl (C=O) groups is 1. The van der Waals surface area contributed by atoms with Crippen molar-refractivity contribution in [1.29, 1.82) is 0 Å². The first-order valence-electron chi connectivity index (χ1n) is 10.7. The van der Waals surface area contributed by atoms with E-state index in [1.54, 1.807) is 13.3 Å². The minimum atomic E-state index is -0.0665. The number of benzene rings is 1. The molecule has 1 aliphatic rings. The molecule has 1 amide bonds. The lowest BCUT2D eigenvalue weighted by molar-refractivity contribution is -0.125. The highest BCUT2D eigenvalue weighted by Crippen LogP contribution is 2.37. The molecule has 1 aliphatic carbocycles. The average Bonchev–Trinajstić information content (AvgIpc) is 3.42. The first kappa shape index (κ1) is 20.3. The van der Waals surface area contributed by atoms with Gasteiger partial charge in [-0.2, -0.15) is 5.10 Å². The molecule has 3 aromatic heterocycles. The molecule has 1 aromatic carbocycles. The number of aromatic amines is 2. The van der Waals surface area contributed by atoms with Crippen molar-refractivity contribution in [2.24, 2.45) is 5.92 Å². The zero-order valence-corrected chi connectivity index (χ0v) is 18.1. The first-order valence-corrected chi connectivity index (χ1v) is 10.7. The van der Waals surface area contributed by atoms with Crippen molar-refractivity contribution in [3.05, 3.63) is 35.9 Å². The van der Waals surface area contributed by atoms with Crippen LogP contribution in [-0.2, 0) is 17.6 Å². The second kappa shape index (κ2) is 8.46. The fourth-order valence-corrected chi connectivity index (χ4v) is 4.38. The Morgan fingerprint density at radius 3 is 3.03 bits per heavy atom. The molecule has 0 saturated carbocycles. The maximum Gasteiger partial charge on any atom is 0.223 e. The van der Waals surface area contributed by atoms with Gasteiger partial charge in [-0.05, 0) is 37.9 Å². The van der Waals surface area contributed by atoms with Gasteiger partial charge in [0, 0.05) is 36.2 Å². The molecule has 0 fully saturated rings. The Morgan fingerprint density at radius 2 is 2.19 bits per heavy atom. The third-order valence-electron chi connectivity index (χ3n) is 6.03. The summed E-state index contributed by atoms with van der Waals surface area (Å²) < 4.78 is 5.58.